The SMILES string of the molecule is Cc1c(C)c(/C(=C/C(=O)O)C(=O)O)c(C)c2c1OC(C)(CCCC(C)CCCC(C)CCCC(C)C)CC2. The molecule has 214 valence electrons. The minimum atomic E-state index is -1.26. The Kier molecular flexibility index (Phi) is 11.9. The molecule has 5 nitrogen and oxygen atoms in total. The van der Waals surface area contributed by atoms with Crippen LogP contribution in [-0.4, -0.2) is 27.8 Å². The number of fused-ring (bicyclic) bond motifs is 1. The highest BCUT2D eigenvalue weighted by molar-refractivity contribution is 6.20. The maximum Gasteiger partial charge on any atom is 0.336 e. The van der Waals surface area contributed by atoms with Gasteiger partial charge in [-0.05, 0) is 98.9 Å². The molecule has 2 rings (SSSR count). The predicted octanol–water partition coefficient (Wildman–Crippen LogP) is 8.69. The van der Waals surface area contributed by atoms with E-state index in [-0.39, 0.29) is 11.2 Å². The first-order valence-electron chi connectivity index (χ1n) is 14.8. The van der Waals surface area contributed by atoms with Crippen molar-refractivity contribution in [3.8, 4) is 5.75 Å². The van der Waals surface area contributed by atoms with Crippen LogP contribution in [0.5, 0.6) is 5.75 Å². The number of carboxylic acid groups (broad SMARTS) is 2. The molecule has 0 amide bonds. The van der Waals surface area contributed by atoms with Gasteiger partial charge in [-0.2, -0.15) is 0 Å². The molecule has 0 aromatic heterocycles. The van der Waals surface area contributed by atoms with Crippen molar-refractivity contribution in [3.63, 3.8) is 0 Å². The molecule has 0 bridgehead atoms. The van der Waals surface area contributed by atoms with Crippen LogP contribution >= 0.6 is 0 Å². The van der Waals surface area contributed by atoms with Crippen molar-refractivity contribution in [3.05, 3.63) is 33.9 Å². The lowest BCUT2D eigenvalue weighted by Crippen LogP contribution is -2.37. The molecule has 1 aliphatic rings. The molecule has 1 heterocycles. The lowest BCUT2D eigenvalue weighted by Gasteiger charge is -2.38. The van der Waals surface area contributed by atoms with Gasteiger partial charge in [0.05, 0.1) is 5.57 Å². The van der Waals surface area contributed by atoms with Crippen LogP contribution in [0.2, 0.25) is 0 Å². The van der Waals surface area contributed by atoms with Crippen LogP contribution in [0.4, 0.5) is 0 Å². The summed E-state index contributed by atoms with van der Waals surface area (Å²) < 4.78 is 6.65. The molecular weight excluding hydrogens is 476 g/mol. The molecule has 0 fully saturated rings. The zero-order valence-corrected chi connectivity index (χ0v) is 25.2. The molecule has 0 saturated carbocycles. The zero-order valence-electron chi connectivity index (χ0n) is 25.2. The van der Waals surface area contributed by atoms with Crippen molar-refractivity contribution in [2.24, 2.45) is 17.8 Å². The summed E-state index contributed by atoms with van der Waals surface area (Å²) in [4.78, 5) is 23.2. The van der Waals surface area contributed by atoms with Gasteiger partial charge in [-0.15, -0.1) is 0 Å². The smallest absolute Gasteiger partial charge is 0.336 e. The first kappa shape index (κ1) is 31.9. The summed E-state index contributed by atoms with van der Waals surface area (Å²) in [6.07, 6.45) is 13.8. The number of hydrogen-bond donors (Lipinski definition) is 2. The molecule has 2 N–H and O–H groups in total. The molecule has 1 aliphatic heterocycles. The van der Waals surface area contributed by atoms with Gasteiger partial charge >= 0.3 is 11.9 Å². The summed E-state index contributed by atoms with van der Waals surface area (Å²) in [5.41, 5.74) is 3.58. The van der Waals surface area contributed by atoms with Gasteiger partial charge in [0.25, 0.3) is 0 Å². The minimum absolute atomic E-state index is 0.175. The molecular formula is C33H52O5. The largest absolute Gasteiger partial charge is 0.487 e. The van der Waals surface area contributed by atoms with Crippen LogP contribution in [0.1, 0.15) is 127 Å². The van der Waals surface area contributed by atoms with E-state index in [4.69, 9.17) is 4.74 Å². The Morgan fingerprint density at radius 2 is 1.42 bits per heavy atom. The second-order valence-electron chi connectivity index (χ2n) is 12.7. The number of hydrogen-bond acceptors (Lipinski definition) is 3. The fourth-order valence-corrected chi connectivity index (χ4v) is 6.06. The summed E-state index contributed by atoms with van der Waals surface area (Å²) in [5.74, 6) is 0.738. The van der Waals surface area contributed by atoms with E-state index in [0.717, 1.165) is 77.5 Å². The standard InChI is InChI=1S/C33H52O5/c1-21(2)12-9-13-22(3)14-10-15-23(4)16-11-18-33(8)19-17-27-26(7)30(24(5)25(6)31(27)38-33)28(32(36)37)20-29(34)35/h20-23H,9-19H2,1-8H3,(H,34,35)(H,36,37)/b28-20-. The summed E-state index contributed by atoms with van der Waals surface area (Å²) in [6, 6.07) is 0. The first-order valence-corrected chi connectivity index (χ1v) is 14.8. The van der Waals surface area contributed by atoms with E-state index in [1.807, 2.05) is 20.8 Å². The van der Waals surface area contributed by atoms with Crippen LogP contribution in [-0.2, 0) is 16.0 Å². The van der Waals surface area contributed by atoms with Gasteiger partial charge in [-0.3, -0.25) is 0 Å². The molecule has 1 aromatic carbocycles. The fourth-order valence-electron chi connectivity index (χ4n) is 6.06. The fraction of sp³-hybridized carbons (Fsp3) is 0.697. The van der Waals surface area contributed by atoms with Crippen molar-refractivity contribution in [2.45, 2.75) is 132 Å². The van der Waals surface area contributed by atoms with Gasteiger partial charge in [0.1, 0.15) is 11.4 Å². The molecule has 38 heavy (non-hydrogen) atoms. The highest BCUT2D eigenvalue weighted by atomic mass is 16.5. The molecule has 3 unspecified atom stereocenters. The van der Waals surface area contributed by atoms with E-state index < -0.39 is 11.9 Å². The van der Waals surface area contributed by atoms with Crippen molar-refractivity contribution < 1.29 is 24.5 Å². The number of rotatable bonds is 15. The Labute approximate surface area is 231 Å². The van der Waals surface area contributed by atoms with Crippen molar-refractivity contribution in [1.29, 1.82) is 0 Å². The zero-order chi connectivity index (χ0) is 28.6. The van der Waals surface area contributed by atoms with Gasteiger partial charge in [0.2, 0.25) is 0 Å². The monoisotopic (exact) mass is 528 g/mol. The van der Waals surface area contributed by atoms with Crippen molar-refractivity contribution >= 4 is 17.5 Å². The number of aliphatic carboxylic acids is 2. The van der Waals surface area contributed by atoms with E-state index in [9.17, 15) is 19.8 Å². The molecule has 0 spiro atoms. The lowest BCUT2D eigenvalue weighted by atomic mass is 9.81. The van der Waals surface area contributed by atoms with Gasteiger partial charge in [-0.25, -0.2) is 9.59 Å². The summed E-state index contributed by atoms with van der Waals surface area (Å²) in [7, 11) is 0. The van der Waals surface area contributed by atoms with Crippen LogP contribution < -0.4 is 4.74 Å². The summed E-state index contributed by atoms with van der Waals surface area (Å²) in [6.45, 7) is 17.3. The predicted molar refractivity (Wildman–Crippen MR) is 156 cm³/mol. The van der Waals surface area contributed by atoms with Gasteiger partial charge in [-0.1, -0.05) is 72.6 Å². The van der Waals surface area contributed by atoms with Crippen LogP contribution in [0.3, 0.4) is 0 Å². The highest BCUT2D eigenvalue weighted by Gasteiger charge is 2.35. The Balaban J connectivity index is 1.97. The third-order valence-corrected chi connectivity index (χ3v) is 8.67. The van der Waals surface area contributed by atoms with Gasteiger partial charge < -0.3 is 14.9 Å². The van der Waals surface area contributed by atoms with E-state index in [1.54, 1.807) is 0 Å². The lowest BCUT2D eigenvalue weighted by molar-refractivity contribution is -0.133. The molecule has 0 saturated heterocycles. The third kappa shape index (κ3) is 8.88. The normalized spacial score (nSPS) is 19.1. The number of benzene rings is 1. The molecule has 0 aliphatic carbocycles. The molecule has 3 atom stereocenters. The Morgan fingerprint density at radius 3 is 1.95 bits per heavy atom. The van der Waals surface area contributed by atoms with Crippen molar-refractivity contribution in [1.82, 2.24) is 0 Å². The van der Waals surface area contributed by atoms with Gasteiger partial charge in [0.15, 0.2) is 0 Å². The average Bonchev–Trinajstić information content (AvgIpc) is 2.81. The Morgan fingerprint density at radius 1 is 0.868 bits per heavy atom. The second kappa shape index (κ2) is 14.2. The topological polar surface area (TPSA) is 83.8 Å². The second-order valence-corrected chi connectivity index (χ2v) is 12.7. The van der Waals surface area contributed by atoms with Crippen LogP contribution in [0.15, 0.2) is 6.08 Å². The number of ether oxygens (including phenoxy) is 1. The molecule has 5 heteroatoms. The number of carboxylic acids is 2. The van der Waals surface area contributed by atoms with E-state index >= 15 is 0 Å². The number of carbonyl (C=O) groups is 2. The average molecular weight is 529 g/mol. The van der Waals surface area contributed by atoms with Crippen LogP contribution in [0.25, 0.3) is 5.57 Å². The van der Waals surface area contributed by atoms with E-state index in [2.05, 4.69) is 34.6 Å². The Bertz CT molecular complexity index is 1010. The summed E-state index contributed by atoms with van der Waals surface area (Å²) in [5, 5.41) is 18.9. The minimum Gasteiger partial charge on any atom is -0.487 e. The Hall–Kier alpha value is -2.30. The maximum atomic E-state index is 11.9. The quantitative estimate of drug-likeness (QED) is 0.222. The van der Waals surface area contributed by atoms with Gasteiger partial charge in [0, 0.05) is 6.08 Å². The van der Waals surface area contributed by atoms with E-state index in [1.165, 1.54) is 44.9 Å². The maximum absolute atomic E-state index is 11.9. The molecule has 0 radical (unpaired) electrons. The van der Waals surface area contributed by atoms with Crippen molar-refractivity contribution in [2.75, 3.05) is 0 Å². The van der Waals surface area contributed by atoms with E-state index in [0.29, 0.717) is 5.56 Å². The first-order chi connectivity index (χ1) is 17.8. The highest BCUT2D eigenvalue weighted by Crippen LogP contribution is 2.44. The van der Waals surface area contributed by atoms with Crippen LogP contribution in [0, 0.1) is 38.5 Å². The summed E-state index contributed by atoms with van der Waals surface area (Å²) >= 11 is 0. The third-order valence-electron chi connectivity index (χ3n) is 8.67. The molecule has 1 aromatic rings.